The number of hydrogen-bond donors (Lipinski definition) is 1. The maximum atomic E-state index is 11.3. The molecular formula is C20H21NO2S2. The summed E-state index contributed by atoms with van der Waals surface area (Å²) in [4.78, 5) is 17.8. The molecule has 1 atom stereocenters. The van der Waals surface area contributed by atoms with Crippen molar-refractivity contribution in [3.8, 4) is 0 Å². The molecule has 0 bridgehead atoms. The zero-order chi connectivity index (χ0) is 17.4. The molecule has 1 aromatic carbocycles. The Balaban J connectivity index is 1.69. The lowest BCUT2D eigenvalue weighted by atomic mass is 9.95. The van der Waals surface area contributed by atoms with Crippen LogP contribution in [0.25, 0.3) is 10.1 Å². The first kappa shape index (κ1) is 16.8. The Labute approximate surface area is 155 Å². The average Bonchev–Trinajstić information content (AvgIpc) is 3.22. The number of thiophene rings is 2. The number of carbonyl (C=O) groups is 1. The topological polar surface area (TPSA) is 40.5 Å². The molecule has 25 heavy (non-hydrogen) atoms. The number of benzene rings is 1. The SMILES string of the molecule is Cc1ccc(C(c2cc3ccccc3s2)N2CCC(C(=O)O)CC2)s1. The molecule has 3 nitrogen and oxygen atoms in total. The van der Waals surface area contributed by atoms with E-state index in [0.29, 0.717) is 0 Å². The molecule has 0 amide bonds. The van der Waals surface area contributed by atoms with Crippen molar-refractivity contribution in [3.05, 3.63) is 57.1 Å². The molecule has 2 aromatic heterocycles. The number of piperidine rings is 1. The van der Waals surface area contributed by atoms with Gasteiger partial charge in [0, 0.05) is 19.3 Å². The van der Waals surface area contributed by atoms with Crippen molar-refractivity contribution in [1.29, 1.82) is 0 Å². The van der Waals surface area contributed by atoms with Crippen LogP contribution in [-0.4, -0.2) is 29.1 Å². The standard InChI is InChI=1S/C20H21NO2S2/c1-13-6-7-17(24-13)19(21-10-8-14(9-11-21)20(22)23)18-12-15-4-2-3-5-16(15)25-18/h2-7,12,14,19H,8-11H2,1H3,(H,22,23). The minimum absolute atomic E-state index is 0.190. The van der Waals surface area contributed by atoms with Crippen molar-refractivity contribution in [3.63, 3.8) is 0 Å². The highest BCUT2D eigenvalue weighted by Crippen LogP contribution is 2.40. The highest BCUT2D eigenvalue weighted by atomic mass is 32.1. The first-order valence-corrected chi connectivity index (χ1v) is 10.3. The number of carboxylic acid groups (broad SMARTS) is 1. The maximum absolute atomic E-state index is 11.3. The molecule has 1 saturated heterocycles. The predicted molar refractivity (Wildman–Crippen MR) is 105 cm³/mol. The van der Waals surface area contributed by atoms with Crippen LogP contribution in [-0.2, 0) is 4.79 Å². The summed E-state index contributed by atoms with van der Waals surface area (Å²) in [6.07, 6.45) is 1.47. The van der Waals surface area contributed by atoms with Crippen molar-refractivity contribution in [2.24, 2.45) is 5.92 Å². The second-order valence-corrected chi connectivity index (χ2v) is 9.12. The third kappa shape index (κ3) is 3.36. The lowest BCUT2D eigenvalue weighted by Gasteiger charge is -2.35. The van der Waals surface area contributed by atoms with Gasteiger partial charge in [0.05, 0.1) is 12.0 Å². The van der Waals surface area contributed by atoms with Gasteiger partial charge in [-0.25, -0.2) is 0 Å². The van der Waals surface area contributed by atoms with Crippen LogP contribution >= 0.6 is 22.7 Å². The van der Waals surface area contributed by atoms with E-state index in [1.54, 1.807) is 0 Å². The minimum atomic E-state index is -0.648. The minimum Gasteiger partial charge on any atom is -0.481 e. The number of aryl methyl sites for hydroxylation is 1. The van der Waals surface area contributed by atoms with E-state index < -0.39 is 5.97 Å². The lowest BCUT2D eigenvalue weighted by Crippen LogP contribution is -2.38. The van der Waals surface area contributed by atoms with Crippen LogP contribution in [0.15, 0.2) is 42.5 Å². The van der Waals surface area contributed by atoms with Gasteiger partial charge in [-0.1, -0.05) is 18.2 Å². The smallest absolute Gasteiger partial charge is 0.306 e. The summed E-state index contributed by atoms with van der Waals surface area (Å²) in [5, 5.41) is 10.6. The van der Waals surface area contributed by atoms with E-state index >= 15 is 0 Å². The van der Waals surface area contributed by atoms with Gasteiger partial charge >= 0.3 is 5.97 Å². The van der Waals surface area contributed by atoms with Gasteiger partial charge in [0.1, 0.15) is 0 Å². The fourth-order valence-electron chi connectivity index (χ4n) is 3.64. The Morgan fingerprint density at radius 2 is 1.88 bits per heavy atom. The van der Waals surface area contributed by atoms with Gasteiger partial charge in [-0.3, -0.25) is 9.69 Å². The van der Waals surface area contributed by atoms with Crippen molar-refractivity contribution in [1.82, 2.24) is 4.90 Å². The highest BCUT2D eigenvalue weighted by Gasteiger charge is 2.31. The maximum Gasteiger partial charge on any atom is 0.306 e. The first-order valence-electron chi connectivity index (χ1n) is 8.63. The molecule has 1 aliphatic heterocycles. The molecule has 1 N–H and O–H groups in total. The van der Waals surface area contributed by atoms with Crippen LogP contribution in [0.2, 0.25) is 0 Å². The third-order valence-corrected chi connectivity index (χ3v) is 7.21. The van der Waals surface area contributed by atoms with Crippen molar-refractivity contribution < 1.29 is 9.90 Å². The molecule has 1 unspecified atom stereocenters. The highest BCUT2D eigenvalue weighted by molar-refractivity contribution is 7.19. The summed E-state index contributed by atoms with van der Waals surface area (Å²) in [7, 11) is 0. The Bertz CT molecular complexity index is 857. The van der Waals surface area contributed by atoms with E-state index in [4.69, 9.17) is 0 Å². The van der Waals surface area contributed by atoms with Crippen LogP contribution in [0.4, 0.5) is 0 Å². The van der Waals surface area contributed by atoms with Crippen LogP contribution in [0.3, 0.4) is 0 Å². The summed E-state index contributed by atoms with van der Waals surface area (Å²) in [6.45, 7) is 3.83. The predicted octanol–water partition coefficient (Wildman–Crippen LogP) is 5.16. The summed E-state index contributed by atoms with van der Waals surface area (Å²) in [5.41, 5.74) is 0. The molecule has 1 aliphatic rings. The van der Waals surface area contributed by atoms with Gasteiger partial charge in [0.2, 0.25) is 0 Å². The molecule has 1 fully saturated rings. The zero-order valence-electron chi connectivity index (χ0n) is 14.1. The Hall–Kier alpha value is -1.69. The second-order valence-electron chi connectivity index (χ2n) is 6.69. The molecule has 5 heteroatoms. The molecule has 3 aromatic rings. The number of aliphatic carboxylic acids is 1. The molecule has 0 aliphatic carbocycles. The fourth-order valence-corrected chi connectivity index (χ4v) is 5.97. The van der Waals surface area contributed by atoms with Gasteiger partial charge in [0.15, 0.2) is 0 Å². The van der Waals surface area contributed by atoms with E-state index in [1.165, 1.54) is 24.7 Å². The quantitative estimate of drug-likeness (QED) is 0.689. The van der Waals surface area contributed by atoms with Crippen molar-refractivity contribution in [2.75, 3.05) is 13.1 Å². The van der Waals surface area contributed by atoms with Gasteiger partial charge in [-0.2, -0.15) is 0 Å². The van der Waals surface area contributed by atoms with Crippen molar-refractivity contribution in [2.45, 2.75) is 25.8 Å². The number of carboxylic acids is 1. The van der Waals surface area contributed by atoms with Gasteiger partial charge in [0.25, 0.3) is 0 Å². The van der Waals surface area contributed by atoms with Crippen molar-refractivity contribution >= 4 is 38.7 Å². The molecule has 4 rings (SSSR count). The molecule has 3 heterocycles. The van der Waals surface area contributed by atoms with Crippen LogP contribution < -0.4 is 0 Å². The molecule has 0 saturated carbocycles. The van der Waals surface area contributed by atoms with Crippen LogP contribution in [0.1, 0.15) is 33.5 Å². The largest absolute Gasteiger partial charge is 0.481 e. The number of rotatable bonds is 4. The monoisotopic (exact) mass is 371 g/mol. The van der Waals surface area contributed by atoms with Gasteiger partial charge in [-0.15, -0.1) is 22.7 Å². The molecule has 130 valence electrons. The summed E-state index contributed by atoms with van der Waals surface area (Å²) < 4.78 is 1.32. The number of fused-ring (bicyclic) bond motifs is 1. The Kier molecular flexibility index (Phi) is 4.63. The first-order chi connectivity index (χ1) is 12.1. The number of hydrogen-bond acceptors (Lipinski definition) is 4. The van der Waals surface area contributed by atoms with Gasteiger partial charge in [-0.05, 0) is 62.5 Å². The molecular weight excluding hydrogens is 350 g/mol. The lowest BCUT2D eigenvalue weighted by molar-refractivity contribution is -0.143. The Morgan fingerprint density at radius 3 is 2.52 bits per heavy atom. The van der Waals surface area contributed by atoms with E-state index in [2.05, 4.69) is 54.3 Å². The van der Waals surface area contributed by atoms with Crippen LogP contribution in [0.5, 0.6) is 0 Å². The van der Waals surface area contributed by atoms with E-state index in [1.807, 2.05) is 22.7 Å². The Morgan fingerprint density at radius 1 is 1.12 bits per heavy atom. The van der Waals surface area contributed by atoms with Gasteiger partial charge < -0.3 is 5.11 Å². The third-order valence-electron chi connectivity index (χ3n) is 4.99. The molecule has 0 spiro atoms. The second kappa shape index (κ2) is 6.90. The number of likely N-dealkylation sites (tertiary alicyclic amines) is 1. The van der Waals surface area contributed by atoms with E-state index in [-0.39, 0.29) is 12.0 Å². The van der Waals surface area contributed by atoms with E-state index in [0.717, 1.165) is 25.9 Å². The summed E-state index contributed by atoms with van der Waals surface area (Å²) in [5.74, 6) is -0.839. The summed E-state index contributed by atoms with van der Waals surface area (Å²) >= 11 is 3.71. The molecule has 0 radical (unpaired) electrons. The van der Waals surface area contributed by atoms with E-state index in [9.17, 15) is 9.90 Å². The van der Waals surface area contributed by atoms with Crippen LogP contribution in [0, 0.1) is 12.8 Å². The zero-order valence-corrected chi connectivity index (χ0v) is 15.8. The average molecular weight is 372 g/mol. The summed E-state index contributed by atoms with van der Waals surface area (Å²) in [6, 6.07) is 15.5. The number of nitrogens with zero attached hydrogens (tertiary/aromatic N) is 1. The fraction of sp³-hybridized carbons (Fsp3) is 0.350. The normalized spacial score (nSPS) is 17.8.